The molecule has 0 heterocycles. The third-order valence-electron chi connectivity index (χ3n) is 2.76. The van der Waals surface area contributed by atoms with Gasteiger partial charge in [-0.3, -0.25) is 0 Å². The summed E-state index contributed by atoms with van der Waals surface area (Å²) < 4.78 is 0. The highest BCUT2D eigenvalue weighted by atomic mass is 35.5. The predicted octanol–water partition coefficient (Wildman–Crippen LogP) is 3.84. The molecule has 1 rings (SSSR count). The van der Waals surface area contributed by atoms with Crippen LogP contribution in [0.15, 0.2) is 18.2 Å². The van der Waals surface area contributed by atoms with E-state index >= 15 is 0 Å². The second kappa shape index (κ2) is 4.02. The number of hydrogen-bond acceptors (Lipinski definition) is 1. The molecule has 1 aromatic carbocycles. The van der Waals surface area contributed by atoms with Crippen molar-refractivity contribution < 1.29 is 0 Å². The van der Waals surface area contributed by atoms with Crippen molar-refractivity contribution >= 4 is 11.6 Å². The standard InChI is InChI=1S/C12H14ClN/c1-4-12(3,8-14)10-6-5-9(2)11(13)7-10/h5-7H,4H2,1-3H3. The van der Waals surface area contributed by atoms with Crippen molar-refractivity contribution in [1.82, 2.24) is 0 Å². The average molecular weight is 208 g/mol. The molecule has 0 aromatic heterocycles. The van der Waals surface area contributed by atoms with Gasteiger partial charge in [0.15, 0.2) is 0 Å². The highest BCUT2D eigenvalue weighted by molar-refractivity contribution is 6.31. The number of halogens is 1. The van der Waals surface area contributed by atoms with Crippen LogP contribution >= 0.6 is 11.6 Å². The van der Waals surface area contributed by atoms with Crippen LogP contribution < -0.4 is 0 Å². The molecule has 74 valence electrons. The summed E-state index contributed by atoms with van der Waals surface area (Å²) >= 11 is 6.02. The Morgan fingerprint density at radius 1 is 1.50 bits per heavy atom. The van der Waals surface area contributed by atoms with E-state index in [0.29, 0.717) is 0 Å². The van der Waals surface area contributed by atoms with Gasteiger partial charge in [-0.25, -0.2) is 0 Å². The van der Waals surface area contributed by atoms with Crippen molar-refractivity contribution in [3.63, 3.8) is 0 Å². The topological polar surface area (TPSA) is 23.8 Å². The van der Waals surface area contributed by atoms with E-state index in [1.807, 2.05) is 39.0 Å². The van der Waals surface area contributed by atoms with Gasteiger partial charge in [0.2, 0.25) is 0 Å². The summed E-state index contributed by atoms with van der Waals surface area (Å²) in [6, 6.07) is 8.17. The summed E-state index contributed by atoms with van der Waals surface area (Å²) in [4.78, 5) is 0. The monoisotopic (exact) mass is 207 g/mol. The lowest BCUT2D eigenvalue weighted by molar-refractivity contribution is 0.587. The van der Waals surface area contributed by atoms with Crippen LogP contribution in [0.5, 0.6) is 0 Å². The zero-order valence-corrected chi connectivity index (χ0v) is 9.52. The first-order valence-corrected chi connectivity index (χ1v) is 5.09. The Morgan fingerprint density at radius 2 is 2.14 bits per heavy atom. The number of rotatable bonds is 2. The van der Waals surface area contributed by atoms with Crippen LogP contribution in [0.4, 0.5) is 0 Å². The lowest BCUT2D eigenvalue weighted by Gasteiger charge is -2.20. The Hall–Kier alpha value is -1.00. The second-order valence-electron chi connectivity index (χ2n) is 3.76. The highest BCUT2D eigenvalue weighted by Crippen LogP contribution is 2.29. The smallest absolute Gasteiger partial charge is 0.0792 e. The van der Waals surface area contributed by atoms with Gasteiger partial charge >= 0.3 is 0 Å². The molecule has 0 N–H and O–H groups in total. The molecule has 0 spiro atoms. The second-order valence-corrected chi connectivity index (χ2v) is 4.17. The first-order valence-electron chi connectivity index (χ1n) is 4.71. The normalized spacial score (nSPS) is 14.5. The summed E-state index contributed by atoms with van der Waals surface area (Å²) in [7, 11) is 0. The van der Waals surface area contributed by atoms with Crippen molar-refractivity contribution in [2.24, 2.45) is 0 Å². The highest BCUT2D eigenvalue weighted by Gasteiger charge is 2.24. The van der Waals surface area contributed by atoms with Crippen molar-refractivity contribution in [3.05, 3.63) is 34.3 Å². The summed E-state index contributed by atoms with van der Waals surface area (Å²) in [5.41, 5.74) is 1.63. The Morgan fingerprint density at radius 3 is 2.57 bits per heavy atom. The van der Waals surface area contributed by atoms with Gasteiger partial charge in [0, 0.05) is 5.02 Å². The molecule has 0 bridgehead atoms. The zero-order valence-electron chi connectivity index (χ0n) is 8.76. The quantitative estimate of drug-likeness (QED) is 0.723. The molecule has 2 heteroatoms. The third kappa shape index (κ3) is 1.91. The summed E-state index contributed by atoms with van der Waals surface area (Å²) in [6.07, 6.45) is 0.795. The van der Waals surface area contributed by atoms with Gasteiger partial charge < -0.3 is 0 Å². The molecule has 0 aliphatic rings. The predicted molar refractivity (Wildman–Crippen MR) is 59.4 cm³/mol. The summed E-state index contributed by atoms with van der Waals surface area (Å²) in [5.74, 6) is 0. The van der Waals surface area contributed by atoms with Crippen LogP contribution in [-0.4, -0.2) is 0 Å². The van der Waals surface area contributed by atoms with Crippen molar-refractivity contribution in [3.8, 4) is 6.07 Å². The van der Waals surface area contributed by atoms with Gasteiger partial charge in [0.25, 0.3) is 0 Å². The molecule has 14 heavy (non-hydrogen) atoms. The van der Waals surface area contributed by atoms with Gasteiger partial charge in [0.05, 0.1) is 11.5 Å². The van der Waals surface area contributed by atoms with E-state index in [2.05, 4.69) is 6.07 Å². The average Bonchev–Trinajstić information content (AvgIpc) is 2.21. The Balaban J connectivity index is 3.21. The Kier molecular flexibility index (Phi) is 3.18. The van der Waals surface area contributed by atoms with Gasteiger partial charge in [-0.15, -0.1) is 0 Å². The van der Waals surface area contributed by atoms with Gasteiger partial charge in [0.1, 0.15) is 0 Å². The van der Waals surface area contributed by atoms with Gasteiger partial charge in [-0.05, 0) is 37.5 Å². The first-order chi connectivity index (χ1) is 6.53. The maximum Gasteiger partial charge on any atom is 0.0792 e. The molecule has 1 nitrogen and oxygen atoms in total. The SMILES string of the molecule is CCC(C)(C#N)c1ccc(C)c(Cl)c1. The van der Waals surface area contributed by atoms with Crippen LogP contribution in [0.3, 0.4) is 0 Å². The molecule has 1 unspecified atom stereocenters. The van der Waals surface area contributed by atoms with E-state index in [9.17, 15) is 0 Å². The van der Waals surface area contributed by atoms with Crippen molar-refractivity contribution in [2.75, 3.05) is 0 Å². The Labute approximate surface area is 90.3 Å². The molecule has 1 aromatic rings. The number of nitriles is 1. The van der Waals surface area contributed by atoms with Crippen molar-refractivity contribution in [1.29, 1.82) is 5.26 Å². The van der Waals surface area contributed by atoms with E-state index in [1.54, 1.807) is 0 Å². The van der Waals surface area contributed by atoms with Crippen LogP contribution in [-0.2, 0) is 5.41 Å². The molecule has 0 saturated heterocycles. The molecule has 0 saturated carbocycles. The number of aryl methyl sites for hydroxylation is 1. The third-order valence-corrected chi connectivity index (χ3v) is 3.17. The minimum Gasteiger partial charge on any atom is -0.197 e. The van der Waals surface area contributed by atoms with E-state index in [-0.39, 0.29) is 0 Å². The maximum absolute atomic E-state index is 9.11. The number of benzene rings is 1. The molecular formula is C12H14ClN. The molecule has 1 atom stereocenters. The fourth-order valence-electron chi connectivity index (χ4n) is 1.28. The van der Waals surface area contributed by atoms with E-state index in [4.69, 9.17) is 16.9 Å². The molecule has 0 radical (unpaired) electrons. The fourth-order valence-corrected chi connectivity index (χ4v) is 1.46. The fraction of sp³-hybridized carbons (Fsp3) is 0.417. The molecule has 0 aliphatic carbocycles. The van der Waals surface area contributed by atoms with Crippen LogP contribution in [0.2, 0.25) is 5.02 Å². The van der Waals surface area contributed by atoms with Gasteiger partial charge in [-0.1, -0.05) is 30.7 Å². The maximum atomic E-state index is 9.11. The zero-order chi connectivity index (χ0) is 10.8. The van der Waals surface area contributed by atoms with E-state index < -0.39 is 5.41 Å². The van der Waals surface area contributed by atoms with Gasteiger partial charge in [-0.2, -0.15) is 5.26 Å². The van der Waals surface area contributed by atoms with Crippen molar-refractivity contribution in [2.45, 2.75) is 32.6 Å². The molecule has 0 amide bonds. The minimum atomic E-state index is -0.419. The first kappa shape index (κ1) is 11.1. The molecule has 0 fully saturated rings. The minimum absolute atomic E-state index is 0.419. The molecule has 0 aliphatic heterocycles. The number of nitrogens with zero attached hydrogens (tertiary/aromatic N) is 1. The molecular weight excluding hydrogens is 194 g/mol. The largest absolute Gasteiger partial charge is 0.197 e. The Bertz CT molecular complexity index is 378. The van der Waals surface area contributed by atoms with E-state index in [0.717, 1.165) is 22.6 Å². The summed E-state index contributed by atoms with van der Waals surface area (Å²) in [6.45, 7) is 5.91. The van der Waals surface area contributed by atoms with E-state index in [1.165, 1.54) is 0 Å². The lowest BCUT2D eigenvalue weighted by Crippen LogP contribution is -2.17. The summed E-state index contributed by atoms with van der Waals surface area (Å²) in [5, 5.41) is 9.84. The van der Waals surface area contributed by atoms with Crippen LogP contribution in [0.25, 0.3) is 0 Å². The number of hydrogen-bond donors (Lipinski definition) is 0. The van der Waals surface area contributed by atoms with Crippen LogP contribution in [0.1, 0.15) is 31.4 Å². The van der Waals surface area contributed by atoms with Crippen LogP contribution in [0, 0.1) is 18.3 Å². The lowest BCUT2D eigenvalue weighted by atomic mass is 9.81.